The molecule has 2 aliphatic rings. The van der Waals surface area contributed by atoms with Crippen LogP contribution in [0.15, 0.2) is 53.2 Å². The van der Waals surface area contributed by atoms with E-state index in [9.17, 15) is 19.2 Å². The lowest BCUT2D eigenvalue weighted by Crippen LogP contribution is -2.70. The third-order valence-electron chi connectivity index (χ3n) is 5.83. The summed E-state index contributed by atoms with van der Waals surface area (Å²) >= 11 is 2.87. The maximum absolute atomic E-state index is 13.2. The first-order valence-corrected chi connectivity index (χ1v) is 14.1. The van der Waals surface area contributed by atoms with Crippen molar-refractivity contribution < 1.29 is 33.4 Å². The summed E-state index contributed by atoms with van der Waals surface area (Å²) in [5.41, 5.74) is 2.43. The van der Waals surface area contributed by atoms with Gasteiger partial charge in [0.1, 0.15) is 22.9 Å². The number of thioether (sulfide) groups is 1. The zero-order chi connectivity index (χ0) is 28.2. The predicted octanol–water partition coefficient (Wildman–Crippen LogP) is 3.29. The Balaban J connectivity index is 1.47. The highest BCUT2D eigenvalue weighted by Gasteiger charge is 2.54. The number of hydrogen-bond acceptors (Lipinski definition) is 10. The molecule has 0 aliphatic carbocycles. The standard InChI is InChI=1S/C27H29N3O7S2/c1-16-19(39-14-28-16)11-10-17-13-38-24-21(29-20(31)12-35-18-8-6-5-7-9-18)23(32)30(24)22(17)25(33)36-15-37-26(34)27(2,3)4/h5-11,14,21,24H,12-13,15H2,1-4H3,(H,29,31)/t21?,24-/m1/s1. The fourth-order valence-corrected chi connectivity index (χ4v) is 5.72. The number of aromatic nitrogens is 1. The van der Waals surface area contributed by atoms with Crippen molar-refractivity contribution >= 4 is 52.9 Å². The Morgan fingerprint density at radius 1 is 1.15 bits per heavy atom. The van der Waals surface area contributed by atoms with Crippen molar-refractivity contribution in [2.24, 2.45) is 5.41 Å². The number of allylic oxidation sites excluding steroid dienone is 1. The summed E-state index contributed by atoms with van der Waals surface area (Å²) in [5, 5.41) is 2.20. The van der Waals surface area contributed by atoms with E-state index in [4.69, 9.17) is 14.2 Å². The van der Waals surface area contributed by atoms with E-state index in [1.165, 1.54) is 28.0 Å². The van der Waals surface area contributed by atoms with E-state index in [-0.39, 0.29) is 12.3 Å². The van der Waals surface area contributed by atoms with Gasteiger partial charge >= 0.3 is 11.9 Å². The number of rotatable bonds is 9. The minimum atomic E-state index is -0.822. The molecule has 1 unspecified atom stereocenters. The Kier molecular flexibility index (Phi) is 8.76. The molecule has 1 aromatic heterocycles. The maximum atomic E-state index is 13.2. The van der Waals surface area contributed by atoms with Crippen molar-refractivity contribution in [2.45, 2.75) is 39.1 Å². The number of nitrogens with one attached hydrogen (secondary N) is 1. The number of amides is 2. The smallest absolute Gasteiger partial charge is 0.358 e. The molecule has 2 amide bonds. The number of esters is 2. The van der Waals surface area contributed by atoms with Crippen molar-refractivity contribution in [1.29, 1.82) is 0 Å². The average Bonchev–Trinajstić information content (AvgIpc) is 3.32. The highest BCUT2D eigenvalue weighted by molar-refractivity contribution is 8.00. The number of carbonyl (C=O) groups excluding carboxylic acids is 4. The molecule has 10 nitrogen and oxygen atoms in total. The monoisotopic (exact) mass is 571 g/mol. The molecule has 3 heterocycles. The highest BCUT2D eigenvalue weighted by atomic mass is 32.2. The van der Waals surface area contributed by atoms with E-state index in [1.807, 2.05) is 19.1 Å². The molecule has 2 aromatic rings. The Labute approximate surface area is 234 Å². The van der Waals surface area contributed by atoms with Crippen molar-refractivity contribution in [3.63, 3.8) is 0 Å². The van der Waals surface area contributed by atoms with Gasteiger partial charge in [0, 0.05) is 10.6 Å². The van der Waals surface area contributed by atoms with Crippen molar-refractivity contribution in [1.82, 2.24) is 15.2 Å². The van der Waals surface area contributed by atoms with Crippen LogP contribution in [0.4, 0.5) is 0 Å². The first kappa shape index (κ1) is 28.4. The number of carbonyl (C=O) groups is 4. The number of ether oxygens (including phenoxy) is 3. The molecule has 2 atom stereocenters. The summed E-state index contributed by atoms with van der Waals surface area (Å²) in [6.45, 7) is 6.10. The van der Waals surface area contributed by atoms with Gasteiger partial charge < -0.3 is 19.5 Å². The summed E-state index contributed by atoms with van der Waals surface area (Å²) in [4.78, 5) is 57.3. The molecule has 0 bridgehead atoms. The average molecular weight is 572 g/mol. The molecular weight excluding hydrogens is 542 g/mol. The second-order valence-electron chi connectivity index (χ2n) is 9.80. The van der Waals surface area contributed by atoms with Crippen LogP contribution in [0.2, 0.25) is 0 Å². The van der Waals surface area contributed by atoms with Gasteiger partial charge in [0.05, 0.1) is 16.6 Å². The molecule has 206 valence electrons. The van der Waals surface area contributed by atoms with E-state index in [0.717, 1.165) is 10.6 Å². The van der Waals surface area contributed by atoms with Gasteiger partial charge in [-0.15, -0.1) is 23.1 Å². The molecule has 2 aliphatic heterocycles. The lowest BCUT2D eigenvalue weighted by Gasteiger charge is -2.49. The maximum Gasteiger partial charge on any atom is 0.358 e. The van der Waals surface area contributed by atoms with Crippen LogP contribution in [0.1, 0.15) is 31.3 Å². The van der Waals surface area contributed by atoms with E-state index < -0.39 is 47.4 Å². The Hall–Kier alpha value is -3.64. The lowest BCUT2D eigenvalue weighted by molar-refractivity contribution is -0.173. The number of benzene rings is 1. The van der Waals surface area contributed by atoms with Crippen molar-refractivity contribution in [3.05, 3.63) is 63.8 Å². The Morgan fingerprint density at radius 3 is 2.56 bits per heavy atom. The summed E-state index contributed by atoms with van der Waals surface area (Å²) in [6.07, 6.45) is 3.59. The number of thiazole rings is 1. The van der Waals surface area contributed by atoms with Crippen LogP contribution in [0, 0.1) is 12.3 Å². The molecule has 1 fully saturated rings. The number of nitrogens with zero attached hydrogens (tertiary/aromatic N) is 2. The normalized spacial score (nSPS) is 18.9. The second kappa shape index (κ2) is 12.0. The van der Waals surface area contributed by atoms with Crippen LogP contribution >= 0.6 is 23.1 Å². The van der Waals surface area contributed by atoms with Gasteiger partial charge in [-0.25, -0.2) is 9.78 Å². The zero-order valence-electron chi connectivity index (χ0n) is 22.0. The molecule has 39 heavy (non-hydrogen) atoms. The van der Waals surface area contributed by atoms with Crippen LogP contribution in [0.5, 0.6) is 5.75 Å². The molecule has 0 radical (unpaired) electrons. The van der Waals surface area contributed by atoms with Crippen LogP contribution in [-0.4, -0.2) is 64.2 Å². The number of para-hydroxylation sites is 1. The summed E-state index contributed by atoms with van der Waals surface area (Å²) in [5.74, 6) is -1.29. The fraction of sp³-hybridized carbons (Fsp3) is 0.370. The highest BCUT2D eigenvalue weighted by Crippen LogP contribution is 2.41. The first-order valence-electron chi connectivity index (χ1n) is 12.1. The summed E-state index contributed by atoms with van der Waals surface area (Å²) < 4.78 is 15.8. The van der Waals surface area contributed by atoms with Crippen LogP contribution in [0.3, 0.4) is 0 Å². The third-order valence-corrected chi connectivity index (χ3v) is 8.03. The lowest BCUT2D eigenvalue weighted by atomic mass is 9.98. The Morgan fingerprint density at radius 2 is 1.90 bits per heavy atom. The molecule has 1 aromatic carbocycles. The van der Waals surface area contributed by atoms with Crippen molar-refractivity contribution in [2.75, 3.05) is 19.2 Å². The molecule has 0 spiro atoms. The molecule has 1 N–H and O–H groups in total. The van der Waals surface area contributed by atoms with Crippen molar-refractivity contribution in [3.8, 4) is 5.75 Å². The van der Waals surface area contributed by atoms with Gasteiger partial charge in [-0.3, -0.25) is 19.3 Å². The number of aryl methyl sites for hydroxylation is 1. The quantitative estimate of drug-likeness (QED) is 0.274. The minimum Gasteiger partial charge on any atom is -0.484 e. The van der Waals surface area contributed by atoms with Gasteiger partial charge in [-0.05, 0) is 51.5 Å². The topological polar surface area (TPSA) is 124 Å². The Bertz CT molecular complexity index is 1310. The van der Waals surface area contributed by atoms with Crippen LogP contribution in [0.25, 0.3) is 6.08 Å². The molecule has 12 heteroatoms. The summed E-state index contributed by atoms with van der Waals surface area (Å²) in [7, 11) is 0. The van der Waals surface area contributed by atoms with Gasteiger partial charge in [-0.1, -0.05) is 24.3 Å². The molecule has 0 saturated carbocycles. The third kappa shape index (κ3) is 6.69. The van der Waals surface area contributed by atoms with Gasteiger partial charge in [0.15, 0.2) is 6.61 Å². The SMILES string of the molecule is Cc1ncsc1C=CC1=C(C(=O)OCOC(=O)C(C)(C)C)N2C(=O)C(NC(=O)COc3ccccc3)[C@H]2SC1. The molecular formula is C27H29N3O7S2. The van der Waals surface area contributed by atoms with E-state index >= 15 is 0 Å². The largest absolute Gasteiger partial charge is 0.484 e. The predicted molar refractivity (Wildman–Crippen MR) is 146 cm³/mol. The second-order valence-corrected chi connectivity index (χ2v) is 11.8. The molecule has 4 rings (SSSR count). The van der Waals surface area contributed by atoms with Gasteiger partial charge in [0.2, 0.25) is 6.79 Å². The molecule has 1 saturated heterocycles. The van der Waals surface area contributed by atoms with E-state index in [2.05, 4.69) is 10.3 Å². The van der Waals surface area contributed by atoms with Gasteiger partial charge in [0.25, 0.3) is 11.8 Å². The van der Waals surface area contributed by atoms with E-state index in [0.29, 0.717) is 17.1 Å². The minimum absolute atomic E-state index is 0.0556. The van der Waals surface area contributed by atoms with Crippen LogP contribution < -0.4 is 10.1 Å². The number of fused-ring (bicyclic) bond motifs is 1. The number of hydrogen-bond donors (Lipinski definition) is 1. The zero-order valence-corrected chi connectivity index (χ0v) is 23.6. The summed E-state index contributed by atoms with van der Waals surface area (Å²) in [6, 6.07) is 8.05. The van der Waals surface area contributed by atoms with Crippen LogP contribution in [-0.2, 0) is 28.7 Å². The first-order chi connectivity index (χ1) is 18.6. The fourth-order valence-electron chi connectivity index (χ4n) is 3.71. The van der Waals surface area contributed by atoms with E-state index in [1.54, 1.807) is 56.6 Å². The number of β-lactam (4-membered cyclic amide) rings is 1. The van der Waals surface area contributed by atoms with Gasteiger partial charge in [-0.2, -0.15) is 0 Å².